The van der Waals surface area contributed by atoms with Gasteiger partial charge < -0.3 is 5.11 Å². The van der Waals surface area contributed by atoms with Crippen LogP contribution < -0.4 is 0 Å². The predicted molar refractivity (Wildman–Crippen MR) is 69.1 cm³/mol. The smallest absolute Gasteiger partial charge is 0.185 e. The molecule has 0 aliphatic rings. The minimum atomic E-state index is -0.349. The number of allylic oxidation sites excluding steroid dienone is 1. The Morgan fingerprint density at radius 1 is 1.53 bits per heavy atom. The van der Waals surface area contributed by atoms with Gasteiger partial charge in [-0.1, -0.05) is 30.0 Å². The van der Waals surface area contributed by atoms with Gasteiger partial charge in [0.1, 0.15) is 5.82 Å². The monoisotopic (exact) mass is 254 g/mol. The van der Waals surface area contributed by atoms with Gasteiger partial charge in [-0.2, -0.15) is 0 Å². The standard InChI is InChI=1S/C13H15FO2S/c1-10(16)17-7-3-2-4-11-5-6-13(14)8-12(11)9-15/h2,4-6,8,15H,3,7,9H2,1H3. The number of hydrogen-bond donors (Lipinski definition) is 1. The highest BCUT2D eigenvalue weighted by atomic mass is 32.2. The fourth-order valence-corrected chi connectivity index (χ4v) is 1.90. The summed E-state index contributed by atoms with van der Waals surface area (Å²) in [6, 6.07) is 4.32. The summed E-state index contributed by atoms with van der Waals surface area (Å²) >= 11 is 1.28. The molecule has 0 fully saturated rings. The van der Waals surface area contributed by atoms with E-state index in [4.69, 9.17) is 5.11 Å². The van der Waals surface area contributed by atoms with Crippen LogP contribution in [0.4, 0.5) is 4.39 Å². The van der Waals surface area contributed by atoms with Crippen molar-refractivity contribution in [2.24, 2.45) is 0 Å². The lowest BCUT2D eigenvalue weighted by atomic mass is 10.1. The maximum Gasteiger partial charge on any atom is 0.185 e. The van der Waals surface area contributed by atoms with Crippen LogP contribution >= 0.6 is 11.8 Å². The van der Waals surface area contributed by atoms with Crippen LogP contribution in [0.1, 0.15) is 24.5 Å². The molecule has 4 heteroatoms. The number of carbonyl (C=O) groups excluding carboxylic acids is 1. The molecule has 0 atom stereocenters. The Kier molecular flexibility index (Phi) is 5.94. The van der Waals surface area contributed by atoms with Gasteiger partial charge in [-0.05, 0) is 29.7 Å². The number of halogens is 1. The highest BCUT2D eigenvalue weighted by Crippen LogP contribution is 2.14. The predicted octanol–water partition coefficient (Wildman–Crippen LogP) is 3.00. The summed E-state index contributed by atoms with van der Waals surface area (Å²) < 4.78 is 12.9. The van der Waals surface area contributed by atoms with E-state index >= 15 is 0 Å². The first-order chi connectivity index (χ1) is 8.13. The average Bonchev–Trinajstić information content (AvgIpc) is 2.29. The van der Waals surface area contributed by atoms with Gasteiger partial charge in [-0.15, -0.1) is 0 Å². The lowest BCUT2D eigenvalue weighted by molar-refractivity contribution is -0.109. The number of aliphatic hydroxyl groups excluding tert-OH is 1. The molecule has 1 aromatic rings. The second-order valence-electron chi connectivity index (χ2n) is 3.53. The first-order valence-corrected chi connectivity index (χ1v) is 6.31. The molecular weight excluding hydrogens is 239 g/mol. The lowest BCUT2D eigenvalue weighted by Gasteiger charge is -2.02. The Labute approximate surface area is 105 Å². The second-order valence-corrected chi connectivity index (χ2v) is 4.80. The summed E-state index contributed by atoms with van der Waals surface area (Å²) in [4.78, 5) is 10.7. The Bertz CT molecular complexity index is 416. The Balaban J connectivity index is 2.55. The van der Waals surface area contributed by atoms with Crippen LogP contribution in [-0.2, 0) is 11.4 Å². The third-order valence-electron chi connectivity index (χ3n) is 2.16. The molecule has 92 valence electrons. The fraction of sp³-hybridized carbons (Fsp3) is 0.308. The highest BCUT2D eigenvalue weighted by Gasteiger charge is 2.00. The van der Waals surface area contributed by atoms with Gasteiger partial charge in [0.25, 0.3) is 0 Å². The molecule has 2 nitrogen and oxygen atoms in total. The topological polar surface area (TPSA) is 37.3 Å². The number of aliphatic hydroxyl groups is 1. The SMILES string of the molecule is CC(=O)SCCC=Cc1ccc(F)cc1CO. The van der Waals surface area contributed by atoms with Gasteiger partial charge in [-0.25, -0.2) is 4.39 Å². The summed E-state index contributed by atoms with van der Waals surface area (Å²) in [5.41, 5.74) is 1.38. The van der Waals surface area contributed by atoms with Crippen molar-refractivity contribution < 1.29 is 14.3 Å². The van der Waals surface area contributed by atoms with Crippen molar-refractivity contribution in [2.75, 3.05) is 5.75 Å². The van der Waals surface area contributed by atoms with E-state index in [1.54, 1.807) is 6.07 Å². The third-order valence-corrected chi connectivity index (χ3v) is 3.01. The van der Waals surface area contributed by atoms with E-state index in [1.807, 2.05) is 12.2 Å². The molecule has 0 heterocycles. The molecule has 0 aliphatic heterocycles. The Morgan fingerprint density at radius 2 is 2.29 bits per heavy atom. The Hall–Kier alpha value is -1.13. The number of benzene rings is 1. The van der Waals surface area contributed by atoms with Crippen molar-refractivity contribution in [3.63, 3.8) is 0 Å². The molecule has 1 N–H and O–H groups in total. The van der Waals surface area contributed by atoms with Gasteiger partial charge >= 0.3 is 0 Å². The third kappa shape index (κ3) is 5.15. The second kappa shape index (κ2) is 7.25. The van der Waals surface area contributed by atoms with Crippen LogP contribution in [0.3, 0.4) is 0 Å². The minimum absolute atomic E-state index is 0.108. The first-order valence-electron chi connectivity index (χ1n) is 5.32. The van der Waals surface area contributed by atoms with Crippen LogP contribution in [0, 0.1) is 5.82 Å². The van der Waals surface area contributed by atoms with E-state index in [2.05, 4.69) is 0 Å². The summed E-state index contributed by atoms with van der Waals surface area (Å²) in [5, 5.41) is 9.18. The fourth-order valence-electron chi connectivity index (χ4n) is 1.35. The van der Waals surface area contributed by atoms with Gasteiger partial charge in [0.15, 0.2) is 5.12 Å². The summed E-state index contributed by atoms with van der Waals surface area (Å²) in [5.74, 6) is 0.389. The van der Waals surface area contributed by atoms with Gasteiger partial charge in [-0.3, -0.25) is 4.79 Å². The highest BCUT2D eigenvalue weighted by molar-refractivity contribution is 8.13. The molecule has 1 aromatic carbocycles. The first kappa shape index (κ1) is 13.9. The number of rotatable bonds is 5. The summed E-state index contributed by atoms with van der Waals surface area (Å²) in [7, 11) is 0. The molecule has 0 unspecified atom stereocenters. The molecule has 0 radical (unpaired) electrons. The maximum absolute atomic E-state index is 12.9. The summed E-state index contributed by atoms with van der Waals surface area (Å²) in [6.45, 7) is 1.36. The van der Waals surface area contributed by atoms with E-state index in [-0.39, 0.29) is 17.5 Å². The zero-order chi connectivity index (χ0) is 12.7. The van der Waals surface area contributed by atoms with Gasteiger partial charge in [0.2, 0.25) is 0 Å². The van der Waals surface area contributed by atoms with Crippen LogP contribution in [0.5, 0.6) is 0 Å². The molecule has 1 rings (SSSR count). The molecule has 0 aromatic heterocycles. The average molecular weight is 254 g/mol. The molecular formula is C13H15FO2S. The van der Waals surface area contributed by atoms with Crippen LogP contribution in [0.2, 0.25) is 0 Å². The quantitative estimate of drug-likeness (QED) is 0.821. The Morgan fingerprint density at radius 3 is 2.94 bits per heavy atom. The molecule has 0 aliphatic carbocycles. The molecule has 17 heavy (non-hydrogen) atoms. The van der Waals surface area contributed by atoms with E-state index < -0.39 is 0 Å². The number of hydrogen-bond acceptors (Lipinski definition) is 3. The van der Waals surface area contributed by atoms with Gasteiger partial charge in [0, 0.05) is 12.7 Å². The molecule has 0 spiro atoms. The molecule has 0 saturated heterocycles. The number of thioether (sulfide) groups is 1. The molecule has 0 saturated carbocycles. The zero-order valence-corrected chi connectivity index (χ0v) is 10.5. The van der Waals surface area contributed by atoms with Crippen molar-refractivity contribution in [2.45, 2.75) is 20.0 Å². The summed E-state index contributed by atoms with van der Waals surface area (Å²) in [6.07, 6.45) is 4.53. The van der Waals surface area contributed by atoms with Crippen LogP contribution in [0.25, 0.3) is 6.08 Å². The zero-order valence-electron chi connectivity index (χ0n) is 9.65. The lowest BCUT2D eigenvalue weighted by Crippen LogP contribution is -1.90. The van der Waals surface area contributed by atoms with Crippen molar-refractivity contribution >= 4 is 23.0 Å². The van der Waals surface area contributed by atoms with Crippen LogP contribution in [-0.4, -0.2) is 16.0 Å². The normalized spacial score (nSPS) is 11.0. The minimum Gasteiger partial charge on any atom is -0.392 e. The van der Waals surface area contributed by atoms with E-state index in [0.29, 0.717) is 5.56 Å². The van der Waals surface area contributed by atoms with Crippen molar-refractivity contribution in [3.8, 4) is 0 Å². The molecule has 0 amide bonds. The molecule has 0 bridgehead atoms. The van der Waals surface area contributed by atoms with E-state index in [1.165, 1.54) is 30.8 Å². The number of carbonyl (C=O) groups is 1. The maximum atomic E-state index is 12.9. The van der Waals surface area contributed by atoms with Crippen molar-refractivity contribution in [1.82, 2.24) is 0 Å². The van der Waals surface area contributed by atoms with Crippen molar-refractivity contribution in [3.05, 3.63) is 41.2 Å². The largest absolute Gasteiger partial charge is 0.392 e. The van der Waals surface area contributed by atoms with Crippen molar-refractivity contribution in [1.29, 1.82) is 0 Å². The van der Waals surface area contributed by atoms with E-state index in [9.17, 15) is 9.18 Å². The van der Waals surface area contributed by atoms with Crippen LogP contribution in [0.15, 0.2) is 24.3 Å². The van der Waals surface area contributed by atoms with E-state index in [0.717, 1.165) is 17.7 Å². The van der Waals surface area contributed by atoms with Gasteiger partial charge in [0.05, 0.1) is 6.61 Å².